The van der Waals surface area contributed by atoms with E-state index in [0.717, 1.165) is 25.3 Å². The number of rotatable bonds is 2. The summed E-state index contributed by atoms with van der Waals surface area (Å²) in [6.45, 7) is 4.16. The molecule has 1 fully saturated rings. The Bertz CT molecular complexity index is 512. The van der Waals surface area contributed by atoms with Gasteiger partial charge >= 0.3 is 6.18 Å². The Balaban J connectivity index is 2.18. The monoisotopic (exact) mass is 299 g/mol. The summed E-state index contributed by atoms with van der Waals surface area (Å²) in [5.41, 5.74) is -1.17. The molecule has 3 atom stereocenters. The highest BCUT2D eigenvalue weighted by Gasteiger charge is 2.36. The quantitative estimate of drug-likeness (QED) is 0.868. The van der Waals surface area contributed by atoms with E-state index in [-0.39, 0.29) is 17.5 Å². The van der Waals surface area contributed by atoms with Gasteiger partial charge in [-0.25, -0.2) is 0 Å². The number of nitrogens with one attached hydrogen (secondary N) is 1. The van der Waals surface area contributed by atoms with E-state index in [9.17, 15) is 18.0 Å². The molecule has 1 aromatic carbocycles. The minimum atomic E-state index is -4.51. The zero-order valence-corrected chi connectivity index (χ0v) is 12.2. The van der Waals surface area contributed by atoms with Gasteiger partial charge in [-0.3, -0.25) is 4.79 Å². The third kappa shape index (κ3) is 3.57. The van der Waals surface area contributed by atoms with Crippen molar-refractivity contribution < 1.29 is 18.0 Å². The van der Waals surface area contributed by atoms with Crippen molar-refractivity contribution in [3.63, 3.8) is 0 Å². The number of carbonyl (C=O) groups excluding carboxylic acids is 1. The van der Waals surface area contributed by atoms with Gasteiger partial charge in [0.2, 0.25) is 0 Å². The number of carbonyl (C=O) groups is 1. The number of hydrogen-bond donors (Lipinski definition) is 1. The van der Waals surface area contributed by atoms with Gasteiger partial charge < -0.3 is 5.32 Å². The van der Waals surface area contributed by atoms with Crippen LogP contribution in [0.15, 0.2) is 24.3 Å². The van der Waals surface area contributed by atoms with Crippen LogP contribution in [0.5, 0.6) is 0 Å². The van der Waals surface area contributed by atoms with Crippen LogP contribution < -0.4 is 5.32 Å². The molecule has 0 aromatic heterocycles. The summed E-state index contributed by atoms with van der Waals surface area (Å²) in [6.07, 6.45) is -1.59. The second-order valence-corrected chi connectivity index (χ2v) is 5.89. The summed E-state index contributed by atoms with van der Waals surface area (Å²) < 4.78 is 38.8. The highest BCUT2D eigenvalue weighted by atomic mass is 19.4. The molecule has 21 heavy (non-hydrogen) atoms. The molecule has 0 saturated heterocycles. The Kier molecular flexibility index (Phi) is 4.59. The third-order valence-corrected chi connectivity index (χ3v) is 4.50. The van der Waals surface area contributed by atoms with Crippen LogP contribution in [0.25, 0.3) is 0 Å². The van der Waals surface area contributed by atoms with E-state index < -0.39 is 17.6 Å². The number of alkyl halides is 3. The Morgan fingerprint density at radius 3 is 2.52 bits per heavy atom. The summed E-state index contributed by atoms with van der Waals surface area (Å²) in [4.78, 5) is 12.2. The first kappa shape index (κ1) is 15.9. The lowest BCUT2D eigenvalue weighted by Gasteiger charge is -2.34. The lowest BCUT2D eigenvalue weighted by molar-refractivity contribution is -0.137. The van der Waals surface area contributed by atoms with Crippen LogP contribution in [0.2, 0.25) is 0 Å². The van der Waals surface area contributed by atoms with Crippen LogP contribution in [0.4, 0.5) is 13.2 Å². The topological polar surface area (TPSA) is 29.1 Å². The normalized spacial score (nSPS) is 26.4. The predicted molar refractivity (Wildman–Crippen MR) is 74.9 cm³/mol. The molecule has 2 rings (SSSR count). The Hall–Kier alpha value is -1.52. The average Bonchev–Trinajstić information content (AvgIpc) is 2.43. The van der Waals surface area contributed by atoms with E-state index in [0.29, 0.717) is 5.92 Å². The van der Waals surface area contributed by atoms with Crippen LogP contribution in [0.1, 0.15) is 49.0 Å². The zero-order chi connectivity index (χ0) is 15.6. The van der Waals surface area contributed by atoms with Gasteiger partial charge in [-0.1, -0.05) is 38.8 Å². The minimum Gasteiger partial charge on any atom is -0.349 e. The molecule has 0 aliphatic heterocycles. The molecule has 0 heterocycles. The molecular weight excluding hydrogens is 279 g/mol. The van der Waals surface area contributed by atoms with Crippen LogP contribution >= 0.6 is 0 Å². The van der Waals surface area contributed by atoms with E-state index in [1.165, 1.54) is 18.2 Å². The van der Waals surface area contributed by atoms with Crippen molar-refractivity contribution in [3.05, 3.63) is 35.4 Å². The van der Waals surface area contributed by atoms with Crippen molar-refractivity contribution in [3.8, 4) is 0 Å². The molecule has 116 valence electrons. The van der Waals surface area contributed by atoms with Gasteiger partial charge in [0, 0.05) is 6.04 Å². The Labute approximate surface area is 122 Å². The van der Waals surface area contributed by atoms with Crippen LogP contribution in [-0.2, 0) is 6.18 Å². The van der Waals surface area contributed by atoms with Gasteiger partial charge in [0.05, 0.1) is 11.1 Å². The summed E-state index contributed by atoms with van der Waals surface area (Å²) >= 11 is 0. The number of hydrogen-bond acceptors (Lipinski definition) is 1. The molecule has 0 spiro atoms. The molecule has 1 N–H and O–H groups in total. The summed E-state index contributed by atoms with van der Waals surface area (Å²) in [5.74, 6) is 0.122. The zero-order valence-electron chi connectivity index (χ0n) is 12.2. The van der Waals surface area contributed by atoms with E-state index in [4.69, 9.17) is 0 Å². The lowest BCUT2D eigenvalue weighted by atomic mass is 9.78. The van der Waals surface area contributed by atoms with Crippen molar-refractivity contribution in [2.45, 2.75) is 45.3 Å². The number of amides is 1. The van der Waals surface area contributed by atoms with Gasteiger partial charge in [-0.05, 0) is 30.4 Å². The molecule has 0 radical (unpaired) electrons. The first-order valence-corrected chi connectivity index (χ1v) is 7.27. The molecule has 0 bridgehead atoms. The average molecular weight is 299 g/mol. The van der Waals surface area contributed by atoms with Gasteiger partial charge in [0.1, 0.15) is 0 Å². The summed E-state index contributed by atoms with van der Waals surface area (Å²) in [7, 11) is 0. The lowest BCUT2D eigenvalue weighted by Crippen LogP contribution is -2.44. The molecule has 1 aromatic rings. The fourth-order valence-corrected chi connectivity index (χ4v) is 2.96. The molecule has 1 saturated carbocycles. The van der Waals surface area contributed by atoms with Gasteiger partial charge in [0.25, 0.3) is 5.91 Å². The molecule has 5 heteroatoms. The van der Waals surface area contributed by atoms with E-state index in [1.807, 2.05) is 6.92 Å². The molecule has 1 aliphatic rings. The van der Waals surface area contributed by atoms with Gasteiger partial charge in [-0.2, -0.15) is 13.2 Å². The largest absolute Gasteiger partial charge is 0.417 e. The Morgan fingerprint density at radius 2 is 1.86 bits per heavy atom. The third-order valence-electron chi connectivity index (χ3n) is 4.50. The first-order valence-electron chi connectivity index (χ1n) is 7.27. The maximum atomic E-state index is 12.9. The second kappa shape index (κ2) is 6.08. The van der Waals surface area contributed by atoms with Crippen molar-refractivity contribution in [2.24, 2.45) is 11.8 Å². The first-order chi connectivity index (χ1) is 9.80. The van der Waals surface area contributed by atoms with Crippen LogP contribution in [-0.4, -0.2) is 11.9 Å². The maximum absolute atomic E-state index is 12.9. The number of halogens is 3. The number of benzene rings is 1. The van der Waals surface area contributed by atoms with Crippen molar-refractivity contribution in [1.82, 2.24) is 5.32 Å². The Morgan fingerprint density at radius 1 is 1.19 bits per heavy atom. The van der Waals surface area contributed by atoms with E-state index >= 15 is 0 Å². The SMILES string of the molecule is C[C@H]1[C@H](C)CCC[C@@H]1NC(=O)c1ccccc1C(F)(F)F. The van der Waals surface area contributed by atoms with Crippen molar-refractivity contribution >= 4 is 5.91 Å². The summed E-state index contributed by atoms with van der Waals surface area (Å²) in [6, 6.07) is 4.88. The molecular formula is C16H20F3NO. The fraction of sp³-hybridized carbons (Fsp3) is 0.562. The molecule has 1 amide bonds. The smallest absolute Gasteiger partial charge is 0.349 e. The van der Waals surface area contributed by atoms with Crippen molar-refractivity contribution in [2.75, 3.05) is 0 Å². The molecule has 2 nitrogen and oxygen atoms in total. The minimum absolute atomic E-state index is 0.0532. The van der Waals surface area contributed by atoms with Crippen LogP contribution in [0, 0.1) is 11.8 Å². The predicted octanol–water partition coefficient (Wildman–Crippen LogP) is 4.26. The van der Waals surface area contributed by atoms with Gasteiger partial charge in [0.15, 0.2) is 0 Å². The maximum Gasteiger partial charge on any atom is 0.417 e. The van der Waals surface area contributed by atoms with Gasteiger partial charge in [-0.15, -0.1) is 0 Å². The second-order valence-electron chi connectivity index (χ2n) is 5.89. The summed E-state index contributed by atoms with van der Waals surface area (Å²) in [5, 5.41) is 2.79. The molecule has 1 aliphatic carbocycles. The highest BCUT2D eigenvalue weighted by Crippen LogP contribution is 2.33. The standard InChI is InChI=1S/C16H20F3NO/c1-10-6-5-9-14(11(10)2)20-15(21)12-7-3-4-8-13(12)16(17,18)19/h3-4,7-8,10-11,14H,5-6,9H2,1-2H3,(H,20,21)/t10-,11+,14+/m1/s1. The highest BCUT2D eigenvalue weighted by molar-refractivity contribution is 5.96. The van der Waals surface area contributed by atoms with E-state index in [1.54, 1.807) is 0 Å². The molecule has 0 unspecified atom stereocenters. The van der Waals surface area contributed by atoms with E-state index in [2.05, 4.69) is 12.2 Å². The van der Waals surface area contributed by atoms with Crippen molar-refractivity contribution in [1.29, 1.82) is 0 Å². The van der Waals surface area contributed by atoms with Crippen LogP contribution in [0.3, 0.4) is 0 Å². The fourth-order valence-electron chi connectivity index (χ4n) is 2.96.